The van der Waals surface area contributed by atoms with Gasteiger partial charge >= 0.3 is 0 Å². The highest BCUT2D eigenvalue weighted by atomic mass is 32.1. The number of anilines is 1. The summed E-state index contributed by atoms with van der Waals surface area (Å²) in [5, 5.41) is 23.8. The van der Waals surface area contributed by atoms with Gasteiger partial charge in [0, 0.05) is 37.2 Å². The Morgan fingerprint density at radius 3 is 2.84 bits per heavy atom. The van der Waals surface area contributed by atoms with Gasteiger partial charge in [-0.25, -0.2) is 4.98 Å². The first-order valence-electron chi connectivity index (χ1n) is 9.74. The van der Waals surface area contributed by atoms with E-state index in [1.807, 2.05) is 16.3 Å². The normalized spacial score (nSPS) is 13.9. The predicted molar refractivity (Wildman–Crippen MR) is 115 cm³/mol. The highest BCUT2D eigenvalue weighted by Crippen LogP contribution is 2.32. The number of nitrogens with one attached hydrogen (secondary N) is 2. The Balaban J connectivity index is 0.000000775. The molecule has 32 heavy (non-hydrogen) atoms. The van der Waals surface area contributed by atoms with Crippen molar-refractivity contribution in [3.05, 3.63) is 48.1 Å². The van der Waals surface area contributed by atoms with Crippen LogP contribution in [0, 0.1) is 0 Å². The molecule has 1 aliphatic heterocycles. The third kappa shape index (κ3) is 4.76. The summed E-state index contributed by atoms with van der Waals surface area (Å²) in [7, 11) is 0. The number of carbonyl (C=O) groups is 2. The van der Waals surface area contributed by atoms with Gasteiger partial charge < -0.3 is 19.6 Å². The second-order valence-electron chi connectivity index (χ2n) is 6.76. The number of amides is 1. The number of aromatic amines is 1. The quantitative estimate of drug-likeness (QED) is 0.387. The summed E-state index contributed by atoms with van der Waals surface area (Å²) in [6.07, 6.45) is 8.71. The lowest BCUT2D eigenvalue weighted by Gasteiger charge is -2.22. The number of furan rings is 1. The maximum Gasteiger partial charge on any atom is 0.291 e. The van der Waals surface area contributed by atoms with Crippen LogP contribution < -0.4 is 5.32 Å². The van der Waals surface area contributed by atoms with Crippen LogP contribution >= 0.6 is 11.3 Å². The van der Waals surface area contributed by atoms with E-state index in [1.54, 1.807) is 30.7 Å². The molecule has 0 radical (unpaired) electrons. The van der Waals surface area contributed by atoms with E-state index in [0.717, 1.165) is 23.4 Å². The molecule has 0 aliphatic carbocycles. The van der Waals surface area contributed by atoms with E-state index in [9.17, 15) is 4.79 Å². The number of carboxylic acid groups (broad SMARTS) is 1. The van der Waals surface area contributed by atoms with E-state index in [-0.39, 0.29) is 24.2 Å². The van der Waals surface area contributed by atoms with Crippen molar-refractivity contribution in [2.45, 2.75) is 18.9 Å². The number of H-pyrrole nitrogens is 1. The molecule has 1 fully saturated rings. The Hall–Kier alpha value is -3.77. The summed E-state index contributed by atoms with van der Waals surface area (Å²) >= 11 is 1.48. The van der Waals surface area contributed by atoms with Crippen LogP contribution in [0.4, 0.5) is 5.69 Å². The Morgan fingerprint density at radius 2 is 2.16 bits per heavy atom. The summed E-state index contributed by atoms with van der Waals surface area (Å²) in [5.41, 5.74) is 2.04. The molecule has 12 heteroatoms. The molecular formula is C20H20N6O5S. The van der Waals surface area contributed by atoms with Crippen LogP contribution in [0.5, 0.6) is 0 Å². The van der Waals surface area contributed by atoms with Gasteiger partial charge in [0.25, 0.3) is 12.4 Å². The first-order chi connectivity index (χ1) is 15.7. The summed E-state index contributed by atoms with van der Waals surface area (Å²) in [6.45, 7) is 1.17. The average Bonchev–Trinajstić information content (AvgIpc) is 3.61. The minimum absolute atomic E-state index is 0.213. The van der Waals surface area contributed by atoms with E-state index in [0.29, 0.717) is 30.4 Å². The second-order valence-corrected chi connectivity index (χ2v) is 7.66. The maximum absolute atomic E-state index is 12.8. The molecule has 4 aromatic rings. The number of rotatable bonds is 5. The molecule has 0 spiro atoms. The van der Waals surface area contributed by atoms with Crippen LogP contribution in [0.2, 0.25) is 0 Å². The average molecular weight is 456 g/mol. The molecular weight excluding hydrogens is 436 g/mol. The predicted octanol–water partition coefficient (Wildman–Crippen LogP) is 3.29. The van der Waals surface area contributed by atoms with Crippen molar-refractivity contribution in [2.75, 3.05) is 18.5 Å². The maximum atomic E-state index is 12.8. The molecule has 1 amide bonds. The third-order valence-electron chi connectivity index (χ3n) is 4.79. The Morgan fingerprint density at radius 1 is 1.34 bits per heavy atom. The molecule has 4 aromatic heterocycles. The number of nitrogens with zero attached hydrogens (tertiary/aromatic N) is 4. The van der Waals surface area contributed by atoms with Gasteiger partial charge in [0.1, 0.15) is 16.5 Å². The van der Waals surface area contributed by atoms with Crippen molar-refractivity contribution < 1.29 is 23.8 Å². The van der Waals surface area contributed by atoms with E-state index in [1.165, 1.54) is 11.3 Å². The smallest absolute Gasteiger partial charge is 0.291 e. The molecule has 166 valence electrons. The van der Waals surface area contributed by atoms with Crippen LogP contribution in [0.15, 0.2) is 46.7 Å². The fourth-order valence-corrected chi connectivity index (χ4v) is 3.94. The number of carbonyl (C=O) groups excluding carboxylic acids is 1. The van der Waals surface area contributed by atoms with Crippen molar-refractivity contribution in [2.24, 2.45) is 0 Å². The lowest BCUT2D eigenvalue weighted by Crippen LogP contribution is -2.20. The van der Waals surface area contributed by atoms with Gasteiger partial charge in [-0.15, -0.1) is 11.3 Å². The number of ether oxygens (including phenoxy) is 1. The van der Waals surface area contributed by atoms with E-state index in [2.05, 4.69) is 20.5 Å². The zero-order chi connectivity index (χ0) is 22.3. The summed E-state index contributed by atoms with van der Waals surface area (Å²) in [5.74, 6) is 0.441. The van der Waals surface area contributed by atoms with E-state index >= 15 is 0 Å². The molecule has 0 unspecified atom stereocenters. The third-order valence-corrected chi connectivity index (χ3v) is 5.57. The van der Waals surface area contributed by atoms with Crippen LogP contribution in [0.3, 0.4) is 0 Å². The van der Waals surface area contributed by atoms with Crippen molar-refractivity contribution in [1.29, 1.82) is 0 Å². The molecule has 5 heterocycles. The SMILES string of the molecule is O=C(Nc1cn(C2CCOCC2)nc1-c1nccs1)c1ccc(-c2cn[nH]c2)o1.O=CO. The monoisotopic (exact) mass is 456 g/mol. The zero-order valence-corrected chi connectivity index (χ0v) is 17.6. The summed E-state index contributed by atoms with van der Waals surface area (Å²) in [6, 6.07) is 3.63. The van der Waals surface area contributed by atoms with Crippen molar-refractivity contribution in [1.82, 2.24) is 25.0 Å². The van der Waals surface area contributed by atoms with Gasteiger partial charge in [-0.2, -0.15) is 10.2 Å². The minimum atomic E-state index is -0.343. The number of aromatic nitrogens is 5. The number of hydrogen-bond acceptors (Lipinski definition) is 8. The van der Waals surface area contributed by atoms with Gasteiger partial charge in [0.15, 0.2) is 5.76 Å². The number of thiazole rings is 1. The van der Waals surface area contributed by atoms with Gasteiger partial charge in [0.2, 0.25) is 0 Å². The van der Waals surface area contributed by atoms with Crippen molar-refractivity contribution in [3.63, 3.8) is 0 Å². The lowest BCUT2D eigenvalue weighted by atomic mass is 10.1. The highest BCUT2D eigenvalue weighted by Gasteiger charge is 2.23. The molecule has 3 N–H and O–H groups in total. The second kappa shape index (κ2) is 10.0. The van der Waals surface area contributed by atoms with E-state index in [4.69, 9.17) is 24.2 Å². The van der Waals surface area contributed by atoms with Crippen LogP contribution in [0.1, 0.15) is 29.4 Å². The van der Waals surface area contributed by atoms with Crippen molar-refractivity contribution >= 4 is 29.4 Å². The topological polar surface area (TPSA) is 148 Å². The largest absolute Gasteiger partial charge is 0.483 e. The fraction of sp³-hybridized carbons (Fsp3) is 0.250. The van der Waals surface area contributed by atoms with E-state index < -0.39 is 0 Å². The van der Waals surface area contributed by atoms with Crippen LogP contribution in [-0.4, -0.2) is 55.7 Å². The lowest BCUT2D eigenvalue weighted by molar-refractivity contribution is -0.122. The van der Waals surface area contributed by atoms with Gasteiger partial charge in [-0.05, 0) is 25.0 Å². The Kier molecular flexibility index (Phi) is 6.72. The van der Waals surface area contributed by atoms with Crippen LogP contribution in [-0.2, 0) is 9.53 Å². The molecule has 0 saturated carbocycles. The molecule has 0 aromatic carbocycles. The molecule has 0 atom stereocenters. The standard InChI is InChI=1S/C19H18N6O3S.CH2O2/c26-18(16-2-1-15(28-16)12-9-21-22-10-12)23-14-11-25(13-3-6-27-7-4-13)24-17(14)19-20-5-8-29-19;2-1-3/h1-2,5,8-11,13H,3-4,6-7H2,(H,21,22)(H,23,26);1H,(H,2,3). The molecule has 1 saturated heterocycles. The summed E-state index contributed by atoms with van der Waals surface area (Å²) < 4.78 is 13.0. The fourth-order valence-electron chi connectivity index (χ4n) is 3.30. The first-order valence-corrected chi connectivity index (χ1v) is 10.6. The van der Waals surface area contributed by atoms with Gasteiger partial charge in [-0.3, -0.25) is 19.4 Å². The zero-order valence-electron chi connectivity index (χ0n) is 16.8. The van der Waals surface area contributed by atoms with Crippen LogP contribution in [0.25, 0.3) is 22.0 Å². The molecule has 1 aliphatic rings. The molecule has 5 rings (SSSR count). The van der Waals surface area contributed by atoms with Crippen molar-refractivity contribution in [3.8, 4) is 22.0 Å². The Bertz CT molecular complexity index is 1150. The molecule has 11 nitrogen and oxygen atoms in total. The summed E-state index contributed by atoms with van der Waals surface area (Å²) in [4.78, 5) is 25.5. The molecule has 0 bridgehead atoms. The van der Waals surface area contributed by atoms with Gasteiger partial charge in [0.05, 0.1) is 23.5 Å². The number of hydrogen-bond donors (Lipinski definition) is 3. The van der Waals surface area contributed by atoms with Gasteiger partial charge in [-0.1, -0.05) is 0 Å². The highest BCUT2D eigenvalue weighted by molar-refractivity contribution is 7.13. The Labute approximate surface area is 186 Å². The first kappa shape index (κ1) is 21.5. The minimum Gasteiger partial charge on any atom is -0.483 e.